The van der Waals surface area contributed by atoms with Crippen molar-refractivity contribution in [3.8, 4) is 6.07 Å². The Kier molecular flexibility index (Phi) is 3.12. The average molecular weight is 236 g/mol. The standard InChI is InChI=1S/C9H5F5N2/c1-4-3-16-7(8(10)11)6(5(4)2-15)9(12,13)14/h3,8H,1H3. The van der Waals surface area contributed by atoms with E-state index in [1.807, 2.05) is 0 Å². The lowest BCUT2D eigenvalue weighted by atomic mass is 10.0. The molecule has 7 heteroatoms. The molecule has 0 aliphatic heterocycles. The van der Waals surface area contributed by atoms with E-state index in [-0.39, 0.29) is 5.56 Å². The van der Waals surface area contributed by atoms with E-state index in [4.69, 9.17) is 5.26 Å². The largest absolute Gasteiger partial charge is 0.419 e. The van der Waals surface area contributed by atoms with Crippen molar-refractivity contribution in [1.29, 1.82) is 5.26 Å². The van der Waals surface area contributed by atoms with Crippen LogP contribution in [0.4, 0.5) is 22.0 Å². The Morgan fingerprint density at radius 3 is 2.31 bits per heavy atom. The van der Waals surface area contributed by atoms with Gasteiger partial charge in [0.1, 0.15) is 17.3 Å². The van der Waals surface area contributed by atoms with E-state index >= 15 is 0 Å². The van der Waals surface area contributed by atoms with Gasteiger partial charge in [-0.2, -0.15) is 18.4 Å². The first-order chi connectivity index (χ1) is 7.29. The lowest BCUT2D eigenvalue weighted by Crippen LogP contribution is -2.15. The Morgan fingerprint density at radius 1 is 1.38 bits per heavy atom. The fourth-order valence-electron chi connectivity index (χ4n) is 1.22. The summed E-state index contributed by atoms with van der Waals surface area (Å²) < 4.78 is 62.2. The van der Waals surface area contributed by atoms with Gasteiger partial charge in [0.15, 0.2) is 0 Å². The quantitative estimate of drug-likeness (QED) is 0.702. The normalized spacial score (nSPS) is 11.6. The van der Waals surface area contributed by atoms with Gasteiger partial charge in [0, 0.05) is 6.20 Å². The molecule has 86 valence electrons. The van der Waals surface area contributed by atoms with Crippen LogP contribution in [0, 0.1) is 18.3 Å². The number of hydrogen-bond donors (Lipinski definition) is 0. The SMILES string of the molecule is Cc1cnc(C(F)F)c(C(F)(F)F)c1C#N. The van der Waals surface area contributed by atoms with Crippen molar-refractivity contribution in [2.24, 2.45) is 0 Å². The van der Waals surface area contributed by atoms with E-state index in [1.54, 1.807) is 0 Å². The number of aryl methyl sites for hydroxylation is 1. The molecule has 0 saturated heterocycles. The van der Waals surface area contributed by atoms with E-state index in [1.165, 1.54) is 13.0 Å². The van der Waals surface area contributed by atoms with Crippen LogP contribution in [-0.4, -0.2) is 4.98 Å². The fourth-order valence-corrected chi connectivity index (χ4v) is 1.22. The first-order valence-electron chi connectivity index (χ1n) is 4.04. The summed E-state index contributed by atoms with van der Waals surface area (Å²) in [6.07, 6.45) is -7.56. The number of rotatable bonds is 1. The molecule has 0 aliphatic carbocycles. The van der Waals surface area contributed by atoms with Crippen LogP contribution in [0.5, 0.6) is 0 Å². The van der Waals surface area contributed by atoms with Gasteiger partial charge in [0.05, 0.1) is 5.56 Å². The van der Waals surface area contributed by atoms with Gasteiger partial charge >= 0.3 is 6.18 Å². The van der Waals surface area contributed by atoms with Crippen LogP contribution in [0.1, 0.15) is 28.8 Å². The van der Waals surface area contributed by atoms with Gasteiger partial charge in [0.25, 0.3) is 6.43 Å². The zero-order chi connectivity index (χ0) is 12.5. The Hall–Kier alpha value is -1.71. The van der Waals surface area contributed by atoms with Crippen LogP contribution in [0.3, 0.4) is 0 Å². The fraction of sp³-hybridized carbons (Fsp3) is 0.333. The second kappa shape index (κ2) is 4.04. The van der Waals surface area contributed by atoms with Crippen LogP contribution in [0.15, 0.2) is 6.20 Å². The Morgan fingerprint density at radius 2 is 1.94 bits per heavy atom. The number of nitriles is 1. The summed E-state index contributed by atoms with van der Waals surface area (Å²) >= 11 is 0. The highest BCUT2D eigenvalue weighted by Crippen LogP contribution is 2.38. The molecule has 0 bridgehead atoms. The summed E-state index contributed by atoms with van der Waals surface area (Å²) in [4.78, 5) is 3.03. The molecule has 1 aromatic rings. The van der Waals surface area contributed by atoms with Crippen LogP contribution in [0.2, 0.25) is 0 Å². The minimum absolute atomic E-state index is 0.0841. The highest BCUT2D eigenvalue weighted by molar-refractivity contribution is 5.46. The minimum Gasteiger partial charge on any atom is -0.254 e. The van der Waals surface area contributed by atoms with Crippen LogP contribution in [0.25, 0.3) is 0 Å². The van der Waals surface area contributed by atoms with Gasteiger partial charge < -0.3 is 0 Å². The van der Waals surface area contributed by atoms with Crippen LogP contribution >= 0.6 is 0 Å². The zero-order valence-electron chi connectivity index (χ0n) is 7.94. The smallest absolute Gasteiger partial charge is 0.254 e. The van der Waals surface area contributed by atoms with Gasteiger partial charge in [-0.05, 0) is 12.5 Å². The van der Waals surface area contributed by atoms with Crippen molar-refractivity contribution < 1.29 is 22.0 Å². The van der Waals surface area contributed by atoms with Crippen LogP contribution < -0.4 is 0 Å². The topological polar surface area (TPSA) is 36.7 Å². The maximum Gasteiger partial charge on any atom is 0.419 e. The van der Waals surface area contributed by atoms with Gasteiger partial charge in [-0.3, -0.25) is 4.98 Å². The molecule has 0 fully saturated rings. The molecule has 0 atom stereocenters. The first kappa shape index (κ1) is 12.4. The van der Waals surface area contributed by atoms with E-state index < -0.39 is 29.4 Å². The molecular formula is C9H5F5N2. The molecule has 0 radical (unpaired) electrons. The molecule has 0 unspecified atom stereocenters. The third kappa shape index (κ3) is 2.10. The molecule has 16 heavy (non-hydrogen) atoms. The van der Waals surface area contributed by atoms with Crippen molar-refractivity contribution in [1.82, 2.24) is 4.98 Å². The monoisotopic (exact) mass is 236 g/mol. The zero-order valence-corrected chi connectivity index (χ0v) is 7.94. The Bertz CT molecular complexity index is 444. The second-order valence-electron chi connectivity index (χ2n) is 2.99. The molecule has 0 aromatic carbocycles. The third-order valence-corrected chi connectivity index (χ3v) is 1.90. The second-order valence-corrected chi connectivity index (χ2v) is 2.99. The van der Waals surface area contributed by atoms with Gasteiger partial charge in [-0.1, -0.05) is 0 Å². The summed E-state index contributed by atoms with van der Waals surface area (Å²) in [5.41, 5.74) is -3.95. The van der Waals surface area contributed by atoms with E-state index in [9.17, 15) is 22.0 Å². The van der Waals surface area contributed by atoms with Crippen molar-refractivity contribution in [3.63, 3.8) is 0 Å². The van der Waals surface area contributed by atoms with Crippen molar-refractivity contribution in [2.75, 3.05) is 0 Å². The number of hydrogen-bond acceptors (Lipinski definition) is 2. The van der Waals surface area contributed by atoms with Crippen molar-refractivity contribution in [2.45, 2.75) is 19.5 Å². The summed E-state index contributed by atoms with van der Waals surface area (Å²) in [6, 6.07) is 1.27. The molecule has 0 amide bonds. The predicted molar refractivity (Wildman–Crippen MR) is 43.6 cm³/mol. The maximum absolute atomic E-state index is 12.5. The van der Waals surface area contributed by atoms with E-state index in [0.717, 1.165) is 6.20 Å². The van der Waals surface area contributed by atoms with E-state index in [0.29, 0.717) is 0 Å². The highest BCUT2D eigenvalue weighted by Gasteiger charge is 2.40. The average Bonchev–Trinajstić information content (AvgIpc) is 2.15. The van der Waals surface area contributed by atoms with Gasteiger partial charge in [0.2, 0.25) is 0 Å². The number of alkyl halides is 5. The summed E-state index contributed by atoms with van der Waals surface area (Å²) in [7, 11) is 0. The van der Waals surface area contributed by atoms with Crippen LogP contribution in [-0.2, 0) is 6.18 Å². The summed E-state index contributed by atoms with van der Waals surface area (Å²) in [6.45, 7) is 1.20. The van der Waals surface area contributed by atoms with E-state index in [2.05, 4.69) is 4.98 Å². The molecule has 2 nitrogen and oxygen atoms in total. The molecule has 0 aliphatic rings. The molecule has 0 spiro atoms. The Balaban J connectivity index is 3.63. The molecule has 1 rings (SSSR count). The lowest BCUT2D eigenvalue weighted by molar-refractivity contribution is -0.140. The number of pyridine rings is 1. The van der Waals surface area contributed by atoms with Gasteiger partial charge in [-0.15, -0.1) is 0 Å². The molecular weight excluding hydrogens is 231 g/mol. The lowest BCUT2D eigenvalue weighted by Gasteiger charge is -2.14. The van der Waals surface area contributed by atoms with Crippen molar-refractivity contribution >= 4 is 0 Å². The number of aromatic nitrogens is 1. The highest BCUT2D eigenvalue weighted by atomic mass is 19.4. The third-order valence-electron chi connectivity index (χ3n) is 1.90. The Labute approximate surface area is 87.3 Å². The van der Waals surface area contributed by atoms with Crippen molar-refractivity contribution in [3.05, 3.63) is 28.6 Å². The summed E-state index contributed by atoms with van der Waals surface area (Å²) in [5, 5.41) is 8.55. The molecule has 1 aromatic heterocycles. The first-order valence-corrected chi connectivity index (χ1v) is 4.04. The minimum atomic E-state index is -5.02. The van der Waals surface area contributed by atoms with Gasteiger partial charge in [-0.25, -0.2) is 8.78 Å². The summed E-state index contributed by atoms with van der Waals surface area (Å²) in [5.74, 6) is 0. The number of halogens is 5. The number of nitrogens with zero attached hydrogens (tertiary/aromatic N) is 2. The molecule has 0 N–H and O–H groups in total. The molecule has 0 saturated carbocycles. The molecule has 1 heterocycles. The maximum atomic E-state index is 12.5. The predicted octanol–water partition coefficient (Wildman–Crippen LogP) is 3.22.